The minimum atomic E-state index is -0.0729. The summed E-state index contributed by atoms with van der Waals surface area (Å²) in [6.45, 7) is 0. The van der Waals surface area contributed by atoms with Gasteiger partial charge < -0.3 is 0 Å². The van der Waals surface area contributed by atoms with E-state index in [1.165, 1.54) is 12.2 Å². The lowest BCUT2D eigenvalue weighted by atomic mass is 10.2. The summed E-state index contributed by atoms with van der Waals surface area (Å²) in [7, 11) is 0. The molecule has 1 heteroatoms. The van der Waals surface area contributed by atoms with Crippen molar-refractivity contribution in [1.82, 2.24) is 0 Å². The molecule has 0 aliphatic heterocycles. The molecule has 1 nitrogen and oxygen atoms in total. The van der Waals surface area contributed by atoms with Crippen molar-refractivity contribution in [2.45, 2.75) is 0 Å². The van der Waals surface area contributed by atoms with Gasteiger partial charge >= 0.3 is 0 Å². The second-order valence-electron chi connectivity index (χ2n) is 4.12. The van der Waals surface area contributed by atoms with Crippen LogP contribution < -0.4 is 0 Å². The molecular formula is C19H14O. The number of carbonyl (C=O) groups is 1. The number of ketones is 1. The largest absolute Gasteiger partial charge is 0.290 e. The first kappa shape index (κ1) is 13.6. The van der Waals surface area contributed by atoms with Gasteiger partial charge in [-0.25, -0.2) is 0 Å². The van der Waals surface area contributed by atoms with Crippen LogP contribution in [-0.2, 0) is 4.79 Å². The third-order valence-electron chi connectivity index (χ3n) is 2.56. The maximum Gasteiger partial charge on any atom is 0.179 e. The Morgan fingerprint density at radius 2 is 1.50 bits per heavy atom. The zero-order chi connectivity index (χ0) is 14.0. The zero-order valence-corrected chi connectivity index (χ0v) is 11.0. The number of rotatable bonds is 3. The molecule has 0 N–H and O–H groups in total. The smallest absolute Gasteiger partial charge is 0.179 e. The van der Waals surface area contributed by atoms with Crippen molar-refractivity contribution in [2.24, 2.45) is 0 Å². The van der Waals surface area contributed by atoms with Crippen LogP contribution in [0.15, 0.2) is 78.9 Å². The van der Waals surface area contributed by atoms with Crippen LogP contribution in [0.5, 0.6) is 0 Å². The van der Waals surface area contributed by atoms with E-state index in [-0.39, 0.29) is 5.78 Å². The van der Waals surface area contributed by atoms with Crippen LogP contribution in [-0.4, -0.2) is 5.78 Å². The monoisotopic (exact) mass is 258 g/mol. The number of hydrogen-bond donors (Lipinski definition) is 0. The summed E-state index contributed by atoms with van der Waals surface area (Å²) in [4.78, 5) is 11.6. The molecule has 0 aliphatic rings. The summed E-state index contributed by atoms with van der Waals surface area (Å²) in [5.41, 5.74) is 1.94. The Balaban J connectivity index is 1.91. The molecule has 0 saturated heterocycles. The Labute approximate surface area is 119 Å². The van der Waals surface area contributed by atoms with Crippen molar-refractivity contribution in [3.05, 3.63) is 90.0 Å². The number of allylic oxidation sites excluding steroid dienone is 3. The van der Waals surface area contributed by atoms with Gasteiger partial charge in [0.2, 0.25) is 0 Å². The van der Waals surface area contributed by atoms with Gasteiger partial charge in [-0.3, -0.25) is 4.79 Å². The van der Waals surface area contributed by atoms with E-state index in [0.717, 1.165) is 11.1 Å². The van der Waals surface area contributed by atoms with Crippen molar-refractivity contribution in [1.29, 1.82) is 0 Å². The highest BCUT2D eigenvalue weighted by molar-refractivity contribution is 6.02. The molecule has 0 spiro atoms. The maximum absolute atomic E-state index is 11.6. The summed E-state index contributed by atoms with van der Waals surface area (Å²) in [6.07, 6.45) is 6.37. The van der Waals surface area contributed by atoms with Gasteiger partial charge in [0.25, 0.3) is 0 Å². The van der Waals surface area contributed by atoms with E-state index in [1.807, 2.05) is 60.7 Å². The lowest BCUT2D eigenvalue weighted by Crippen LogP contribution is -1.83. The average Bonchev–Trinajstić information content (AvgIpc) is 2.52. The molecule has 0 atom stereocenters. The predicted molar refractivity (Wildman–Crippen MR) is 82.9 cm³/mol. The highest BCUT2D eigenvalue weighted by Crippen LogP contribution is 2.01. The first-order valence-electron chi connectivity index (χ1n) is 6.35. The van der Waals surface area contributed by atoms with Crippen LogP contribution in [0.25, 0.3) is 6.08 Å². The van der Waals surface area contributed by atoms with Gasteiger partial charge in [-0.05, 0) is 35.9 Å². The quantitative estimate of drug-likeness (QED) is 0.603. The molecule has 2 rings (SSSR count). The van der Waals surface area contributed by atoms with Gasteiger partial charge in [-0.1, -0.05) is 66.4 Å². The topological polar surface area (TPSA) is 17.1 Å². The van der Waals surface area contributed by atoms with E-state index in [4.69, 9.17) is 0 Å². The number of hydrogen-bond acceptors (Lipinski definition) is 1. The van der Waals surface area contributed by atoms with E-state index in [9.17, 15) is 4.79 Å². The Hall–Kier alpha value is -2.85. The van der Waals surface area contributed by atoms with Crippen LogP contribution in [0, 0.1) is 11.8 Å². The van der Waals surface area contributed by atoms with Crippen molar-refractivity contribution in [2.75, 3.05) is 0 Å². The van der Waals surface area contributed by atoms with E-state index in [1.54, 1.807) is 12.2 Å². The summed E-state index contributed by atoms with van der Waals surface area (Å²) in [6, 6.07) is 19.4. The molecule has 0 amide bonds. The molecule has 0 aromatic heterocycles. The second-order valence-corrected chi connectivity index (χ2v) is 4.12. The molecule has 0 radical (unpaired) electrons. The standard InChI is InChI=1S/C19H14O/c20-19(16-15-18-11-5-2-6-12-18)14-8-7-13-17-9-3-1-4-10-17/h1-6,8-12,14-16H/b14-8-,16-15+. The first-order chi connectivity index (χ1) is 9.84. The Morgan fingerprint density at radius 3 is 2.20 bits per heavy atom. The van der Waals surface area contributed by atoms with E-state index < -0.39 is 0 Å². The second kappa shape index (κ2) is 7.56. The lowest BCUT2D eigenvalue weighted by molar-refractivity contribution is -0.110. The molecule has 0 heterocycles. The molecule has 2 aromatic rings. The fraction of sp³-hybridized carbons (Fsp3) is 0. The predicted octanol–water partition coefficient (Wildman–Crippen LogP) is 3.88. The summed E-state index contributed by atoms with van der Waals surface area (Å²) in [5, 5.41) is 0. The molecule has 0 fully saturated rings. The van der Waals surface area contributed by atoms with Crippen LogP contribution in [0.1, 0.15) is 11.1 Å². The molecule has 0 aliphatic carbocycles. The van der Waals surface area contributed by atoms with Crippen LogP contribution in [0.3, 0.4) is 0 Å². The third-order valence-corrected chi connectivity index (χ3v) is 2.56. The SMILES string of the molecule is O=C(/C=C\C#Cc1ccccc1)/C=C/c1ccccc1. The highest BCUT2D eigenvalue weighted by Gasteiger charge is 1.88. The van der Waals surface area contributed by atoms with Crippen molar-refractivity contribution in [3.63, 3.8) is 0 Å². The van der Waals surface area contributed by atoms with Gasteiger partial charge in [0.15, 0.2) is 5.78 Å². The number of benzene rings is 2. The average molecular weight is 258 g/mol. The molecule has 0 saturated carbocycles. The van der Waals surface area contributed by atoms with Crippen LogP contribution in [0.2, 0.25) is 0 Å². The van der Waals surface area contributed by atoms with Gasteiger partial charge in [0, 0.05) is 5.56 Å². The Bertz CT molecular complexity index is 668. The fourth-order valence-corrected chi connectivity index (χ4v) is 1.57. The molecule has 0 bridgehead atoms. The summed E-state index contributed by atoms with van der Waals surface area (Å²) < 4.78 is 0. The van der Waals surface area contributed by atoms with E-state index in [0.29, 0.717) is 0 Å². The first-order valence-corrected chi connectivity index (χ1v) is 6.35. The molecule has 96 valence electrons. The minimum Gasteiger partial charge on any atom is -0.290 e. The highest BCUT2D eigenvalue weighted by atomic mass is 16.1. The maximum atomic E-state index is 11.6. The lowest BCUT2D eigenvalue weighted by Gasteiger charge is -1.89. The van der Waals surface area contributed by atoms with E-state index >= 15 is 0 Å². The third kappa shape index (κ3) is 4.80. The molecule has 20 heavy (non-hydrogen) atoms. The number of carbonyl (C=O) groups excluding carboxylic acids is 1. The normalized spacial score (nSPS) is 10.4. The van der Waals surface area contributed by atoms with Crippen molar-refractivity contribution in [3.8, 4) is 11.8 Å². The molecule has 2 aromatic carbocycles. The van der Waals surface area contributed by atoms with E-state index in [2.05, 4.69) is 11.8 Å². The Kier molecular flexibility index (Phi) is 5.13. The van der Waals surface area contributed by atoms with Gasteiger partial charge in [0.1, 0.15) is 0 Å². The fourth-order valence-electron chi connectivity index (χ4n) is 1.57. The zero-order valence-electron chi connectivity index (χ0n) is 11.0. The Morgan fingerprint density at radius 1 is 0.850 bits per heavy atom. The molecule has 0 unspecified atom stereocenters. The summed E-state index contributed by atoms with van der Waals surface area (Å²) >= 11 is 0. The van der Waals surface area contributed by atoms with Gasteiger partial charge in [-0.15, -0.1) is 0 Å². The van der Waals surface area contributed by atoms with Crippen molar-refractivity contribution >= 4 is 11.9 Å². The molecular weight excluding hydrogens is 244 g/mol. The minimum absolute atomic E-state index is 0.0729. The van der Waals surface area contributed by atoms with Crippen LogP contribution >= 0.6 is 0 Å². The van der Waals surface area contributed by atoms with Crippen LogP contribution in [0.4, 0.5) is 0 Å². The van der Waals surface area contributed by atoms with Gasteiger partial charge in [-0.2, -0.15) is 0 Å². The summed E-state index contributed by atoms with van der Waals surface area (Å²) in [5.74, 6) is 5.73. The van der Waals surface area contributed by atoms with Crippen molar-refractivity contribution < 1.29 is 4.79 Å². The van der Waals surface area contributed by atoms with Gasteiger partial charge in [0.05, 0.1) is 0 Å².